The molecule has 1 aliphatic rings. The molecule has 0 bridgehead atoms. The summed E-state index contributed by atoms with van der Waals surface area (Å²) >= 11 is 0. The second-order valence-corrected chi connectivity index (χ2v) is 5.44. The second kappa shape index (κ2) is 5.97. The minimum atomic E-state index is 0.0642. The smallest absolute Gasteiger partial charge is 0.243 e. The number of hydrogen-bond donors (Lipinski definition) is 0. The molecule has 22 heavy (non-hydrogen) atoms. The molecule has 1 amide bonds. The molecule has 2 aromatic rings. The number of nitrogens with zero attached hydrogens (tertiary/aromatic N) is 4. The maximum atomic E-state index is 11.6. The van der Waals surface area contributed by atoms with Gasteiger partial charge in [-0.15, -0.1) is 0 Å². The van der Waals surface area contributed by atoms with Crippen molar-refractivity contribution < 1.29 is 4.79 Å². The Bertz CT molecular complexity index is 714. The Hall–Kier alpha value is -2.69. The summed E-state index contributed by atoms with van der Waals surface area (Å²) < 4.78 is 1.96. The third kappa shape index (κ3) is 2.98. The van der Waals surface area contributed by atoms with Gasteiger partial charge in [-0.3, -0.25) is 4.79 Å². The number of amides is 1. The van der Waals surface area contributed by atoms with Crippen molar-refractivity contribution >= 4 is 17.7 Å². The van der Waals surface area contributed by atoms with E-state index >= 15 is 0 Å². The lowest BCUT2D eigenvalue weighted by Gasteiger charge is -2.22. The van der Waals surface area contributed by atoms with Crippen LogP contribution in [0.4, 0.5) is 0 Å². The van der Waals surface area contributed by atoms with Gasteiger partial charge in [-0.2, -0.15) is 5.10 Å². The van der Waals surface area contributed by atoms with Gasteiger partial charge in [0.1, 0.15) is 0 Å². The predicted molar refractivity (Wildman–Crippen MR) is 86.6 cm³/mol. The fourth-order valence-corrected chi connectivity index (χ4v) is 2.37. The summed E-state index contributed by atoms with van der Waals surface area (Å²) in [5.41, 5.74) is 3.10. The molecule has 5 heteroatoms. The number of hydrazone groups is 1. The Morgan fingerprint density at radius 3 is 2.68 bits per heavy atom. The zero-order chi connectivity index (χ0) is 15.5. The number of allylic oxidation sites excluding steroid dienone is 1. The van der Waals surface area contributed by atoms with Crippen LogP contribution < -0.4 is 0 Å². The fourth-order valence-electron chi connectivity index (χ4n) is 2.37. The summed E-state index contributed by atoms with van der Waals surface area (Å²) in [5.74, 6) is 0.222. The minimum absolute atomic E-state index is 0.0642. The largest absolute Gasteiger partial charge is 0.306 e. The van der Waals surface area contributed by atoms with E-state index in [1.165, 1.54) is 5.01 Å². The van der Waals surface area contributed by atoms with Crippen LogP contribution >= 0.6 is 0 Å². The zero-order valence-electron chi connectivity index (χ0n) is 12.7. The average molecular weight is 294 g/mol. The predicted octanol–water partition coefficient (Wildman–Crippen LogP) is 2.74. The van der Waals surface area contributed by atoms with Crippen molar-refractivity contribution in [3.8, 4) is 5.69 Å². The summed E-state index contributed by atoms with van der Waals surface area (Å²) in [4.78, 5) is 15.6. The first kappa shape index (κ1) is 14.3. The van der Waals surface area contributed by atoms with Gasteiger partial charge in [0.2, 0.25) is 5.91 Å². The van der Waals surface area contributed by atoms with Gasteiger partial charge >= 0.3 is 0 Å². The van der Waals surface area contributed by atoms with E-state index in [1.807, 2.05) is 42.0 Å². The van der Waals surface area contributed by atoms with Gasteiger partial charge in [-0.1, -0.05) is 25.1 Å². The van der Waals surface area contributed by atoms with Gasteiger partial charge in [0.15, 0.2) is 0 Å². The highest BCUT2D eigenvalue weighted by molar-refractivity contribution is 6.03. The van der Waals surface area contributed by atoms with Crippen LogP contribution in [0.2, 0.25) is 0 Å². The Labute approximate surface area is 129 Å². The molecule has 3 rings (SSSR count). The number of aromatic nitrogens is 2. The number of carbonyl (C=O) groups excluding carboxylic acids is 1. The molecule has 1 unspecified atom stereocenters. The quantitative estimate of drug-likeness (QED) is 0.874. The van der Waals surface area contributed by atoms with E-state index in [4.69, 9.17) is 0 Å². The van der Waals surface area contributed by atoms with Crippen LogP contribution in [0.25, 0.3) is 11.8 Å². The molecule has 112 valence electrons. The zero-order valence-corrected chi connectivity index (χ0v) is 12.7. The highest BCUT2D eigenvalue weighted by Crippen LogP contribution is 2.17. The number of imidazole rings is 1. The molecule has 1 aliphatic heterocycles. The van der Waals surface area contributed by atoms with Crippen LogP contribution in [0.5, 0.6) is 0 Å². The summed E-state index contributed by atoms with van der Waals surface area (Å²) in [6.45, 7) is 2.02. The van der Waals surface area contributed by atoms with Crippen LogP contribution in [-0.4, -0.2) is 33.2 Å². The van der Waals surface area contributed by atoms with E-state index in [0.717, 1.165) is 17.0 Å². The molecule has 1 aromatic carbocycles. The van der Waals surface area contributed by atoms with Crippen LogP contribution in [-0.2, 0) is 4.79 Å². The topological polar surface area (TPSA) is 50.5 Å². The Morgan fingerprint density at radius 2 is 2.00 bits per heavy atom. The molecule has 0 fully saturated rings. The molecule has 0 aliphatic carbocycles. The van der Waals surface area contributed by atoms with E-state index in [-0.39, 0.29) is 11.8 Å². The average Bonchev–Trinajstić information content (AvgIpc) is 3.04. The highest BCUT2D eigenvalue weighted by atomic mass is 16.2. The molecule has 0 spiro atoms. The van der Waals surface area contributed by atoms with Crippen molar-refractivity contribution in [2.45, 2.75) is 13.3 Å². The standard InChI is InChI=1S/C17H18N4O/c1-13-11-17(22)20(2)19-16(13)8-5-14-3-6-15(7-4-14)21-10-9-18-12-21/h3-10,12-13H,11H2,1-2H3/b8-5+. The molecule has 0 radical (unpaired) electrons. The summed E-state index contributed by atoms with van der Waals surface area (Å²) in [6, 6.07) is 8.19. The normalized spacial score (nSPS) is 18.8. The minimum Gasteiger partial charge on any atom is -0.306 e. The molecule has 0 saturated heterocycles. The lowest BCUT2D eigenvalue weighted by molar-refractivity contribution is -0.131. The Kier molecular flexibility index (Phi) is 3.87. The van der Waals surface area contributed by atoms with Gasteiger partial charge in [-0.25, -0.2) is 9.99 Å². The summed E-state index contributed by atoms with van der Waals surface area (Å²) in [5, 5.41) is 5.74. The van der Waals surface area contributed by atoms with Gasteiger partial charge in [0, 0.05) is 37.5 Å². The van der Waals surface area contributed by atoms with E-state index in [2.05, 4.69) is 22.2 Å². The second-order valence-electron chi connectivity index (χ2n) is 5.44. The molecule has 1 aromatic heterocycles. The first-order valence-corrected chi connectivity index (χ1v) is 7.25. The Balaban J connectivity index is 1.76. The molecule has 1 atom stereocenters. The van der Waals surface area contributed by atoms with Crippen LogP contribution in [0.15, 0.2) is 54.2 Å². The van der Waals surface area contributed by atoms with Crippen molar-refractivity contribution in [1.29, 1.82) is 0 Å². The number of hydrogen-bond acceptors (Lipinski definition) is 3. The summed E-state index contributed by atoms with van der Waals surface area (Å²) in [7, 11) is 1.70. The number of carbonyl (C=O) groups is 1. The molecule has 2 heterocycles. The van der Waals surface area contributed by atoms with Gasteiger partial charge < -0.3 is 4.57 Å². The lowest BCUT2D eigenvalue weighted by atomic mass is 9.98. The van der Waals surface area contributed by atoms with Crippen LogP contribution in [0.3, 0.4) is 0 Å². The first-order chi connectivity index (χ1) is 10.6. The summed E-state index contributed by atoms with van der Waals surface area (Å²) in [6.07, 6.45) is 9.97. The maximum Gasteiger partial charge on any atom is 0.243 e. The van der Waals surface area contributed by atoms with Crippen molar-refractivity contribution in [2.24, 2.45) is 11.0 Å². The lowest BCUT2D eigenvalue weighted by Crippen LogP contribution is -2.32. The van der Waals surface area contributed by atoms with Crippen LogP contribution in [0, 0.1) is 5.92 Å². The van der Waals surface area contributed by atoms with Crippen molar-refractivity contribution in [1.82, 2.24) is 14.6 Å². The van der Waals surface area contributed by atoms with Gasteiger partial charge in [0.05, 0.1) is 12.0 Å². The van der Waals surface area contributed by atoms with E-state index in [1.54, 1.807) is 19.6 Å². The van der Waals surface area contributed by atoms with Gasteiger partial charge in [-0.05, 0) is 23.8 Å². The Morgan fingerprint density at radius 1 is 1.23 bits per heavy atom. The third-order valence-corrected chi connectivity index (χ3v) is 3.75. The SMILES string of the molecule is CC1CC(=O)N(C)N=C1/C=C/c1ccc(-n2ccnc2)cc1. The van der Waals surface area contributed by atoms with Crippen molar-refractivity contribution in [2.75, 3.05) is 7.05 Å². The number of rotatable bonds is 3. The van der Waals surface area contributed by atoms with Crippen molar-refractivity contribution in [3.05, 3.63) is 54.6 Å². The molecular formula is C17H18N4O. The van der Waals surface area contributed by atoms with Crippen LogP contribution in [0.1, 0.15) is 18.9 Å². The van der Waals surface area contributed by atoms with E-state index in [0.29, 0.717) is 6.42 Å². The first-order valence-electron chi connectivity index (χ1n) is 7.25. The fraction of sp³-hybridized carbons (Fsp3) is 0.235. The van der Waals surface area contributed by atoms with Gasteiger partial charge in [0.25, 0.3) is 0 Å². The van der Waals surface area contributed by atoms with E-state index in [9.17, 15) is 4.79 Å². The molecule has 0 N–H and O–H groups in total. The molecular weight excluding hydrogens is 276 g/mol. The molecule has 5 nitrogen and oxygen atoms in total. The van der Waals surface area contributed by atoms with Crippen molar-refractivity contribution in [3.63, 3.8) is 0 Å². The third-order valence-electron chi connectivity index (χ3n) is 3.75. The highest BCUT2D eigenvalue weighted by Gasteiger charge is 2.22. The van der Waals surface area contributed by atoms with E-state index < -0.39 is 0 Å². The monoisotopic (exact) mass is 294 g/mol. The number of benzene rings is 1. The molecule has 0 saturated carbocycles. The maximum absolute atomic E-state index is 11.6.